The number of halogens is 1. The van der Waals surface area contributed by atoms with E-state index in [1.54, 1.807) is 4.90 Å². The molecule has 1 N–H and O–H groups in total. The van der Waals surface area contributed by atoms with Crippen molar-refractivity contribution in [2.24, 2.45) is 5.92 Å². The van der Waals surface area contributed by atoms with E-state index in [2.05, 4.69) is 6.58 Å². The molecule has 20 heavy (non-hydrogen) atoms. The molecule has 5 heteroatoms. The smallest absolute Gasteiger partial charge is 0.308 e. The van der Waals surface area contributed by atoms with Gasteiger partial charge in [-0.1, -0.05) is 30.3 Å². The maximum absolute atomic E-state index is 13.0. The van der Waals surface area contributed by atoms with Gasteiger partial charge in [0.25, 0.3) is 0 Å². The Bertz CT molecular complexity index is 477. The van der Waals surface area contributed by atoms with Crippen molar-refractivity contribution in [3.8, 4) is 0 Å². The number of hydrogen-bond donors (Lipinski definition) is 1. The van der Waals surface area contributed by atoms with Gasteiger partial charge in [-0.2, -0.15) is 0 Å². The van der Waals surface area contributed by atoms with Crippen molar-refractivity contribution in [2.75, 3.05) is 13.2 Å². The van der Waals surface area contributed by atoms with Gasteiger partial charge in [0.1, 0.15) is 13.3 Å². The van der Waals surface area contributed by atoms with Crippen molar-refractivity contribution < 1.29 is 19.0 Å². The zero-order valence-electron chi connectivity index (χ0n) is 11.2. The predicted octanol–water partition coefficient (Wildman–Crippen LogP) is 2.42. The van der Waals surface area contributed by atoms with Gasteiger partial charge in [0, 0.05) is 6.54 Å². The van der Waals surface area contributed by atoms with Crippen LogP contribution in [0.2, 0.25) is 0 Å². The van der Waals surface area contributed by atoms with Crippen molar-refractivity contribution in [3.05, 3.63) is 48.4 Å². The summed E-state index contributed by atoms with van der Waals surface area (Å²) in [6.07, 6.45) is 0.291. The van der Waals surface area contributed by atoms with Gasteiger partial charge in [-0.3, -0.25) is 4.79 Å². The second-order valence-electron chi connectivity index (χ2n) is 4.90. The summed E-state index contributed by atoms with van der Waals surface area (Å²) in [5.74, 6) is -1.13. The molecule has 0 aromatic heterocycles. The number of ether oxygens (including phenoxy) is 1. The van der Waals surface area contributed by atoms with Crippen molar-refractivity contribution >= 4 is 5.97 Å². The molecule has 1 aliphatic heterocycles. The lowest BCUT2D eigenvalue weighted by Crippen LogP contribution is -2.31. The lowest BCUT2D eigenvalue weighted by atomic mass is 10.1. The summed E-state index contributed by atoms with van der Waals surface area (Å²) in [6, 6.07) is 9.10. The first-order chi connectivity index (χ1) is 9.61. The number of rotatable bonds is 6. The average molecular weight is 279 g/mol. The number of carboxylic acid groups (broad SMARTS) is 1. The van der Waals surface area contributed by atoms with Crippen LogP contribution in [0.15, 0.2) is 42.8 Å². The Labute approximate surface area is 117 Å². The predicted molar refractivity (Wildman–Crippen MR) is 72.6 cm³/mol. The molecule has 0 saturated carbocycles. The molecule has 2 unspecified atom stereocenters. The van der Waals surface area contributed by atoms with Crippen LogP contribution in [0.1, 0.15) is 12.0 Å². The van der Waals surface area contributed by atoms with Crippen LogP contribution in [0, 0.1) is 5.92 Å². The molecule has 1 fully saturated rings. The highest BCUT2D eigenvalue weighted by atomic mass is 19.1. The lowest BCUT2D eigenvalue weighted by Gasteiger charge is -2.26. The van der Waals surface area contributed by atoms with Crippen LogP contribution < -0.4 is 0 Å². The average Bonchev–Trinajstić information content (AvgIpc) is 2.90. The van der Waals surface area contributed by atoms with Crippen molar-refractivity contribution in [2.45, 2.75) is 19.1 Å². The van der Waals surface area contributed by atoms with Gasteiger partial charge < -0.3 is 14.7 Å². The van der Waals surface area contributed by atoms with Crippen LogP contribution in [-0.2, 0) is 16.1 Å². The number of benzene rings is 1. The fraction of sp³-hybridized carbons (Fsp3) is 0.400. The maximum atomic E-state index is 13.0. The number of carboxylic acids is 1. The quantitative estimate of drug-likeness (QED) is 0.812. The number of nitrogens with zero attached hydrogens (tertiary/aromatic N) is 1. The first-order valence-corrected chi connectivity index (χ1v) is 6.53. The van der Waals surface area contributed by atoms with Crippen molar-refractivity contribution in [1.82, 2.24) is 4.90 Å². The normalized spacial score (nSPS) is 21.8. The van der Waals surface area contributed by atoms with Crippen LogP contribution in [0.4, 0.5) is 4.39 Å². The molecule has 0 bridgehead atoms. The summed E-state index contributed by atoms with van der Waals surface area (Å²) in [6.45, 7) is 3.78. The van der Waals surface area contributed by atoms with Gasteiger partial charge in [0.05, 0.1) is 12.0 Å². The monoisotopic (exact) mass is 279 g/mol. The minimum absolute atomic E-state index is 0.248. The topological polar surface area (TPSA) is 49.8 Å². The van der Waals surface area contributed by atoms with Crippen LogP contribution >= 0.6 is 0 Å². The maximum Gasteiger partial charge on any atom is 0.308 e. The molecule has 1 aliphatic rings. The highest BCUT2D eigenvalue weighted by Gasteiger charge is 2.37. The highest BCUT2D eigenvalue weighted by molar-refractivity contribution is 5.70. The van der Waals surface area contributed by atoms with Crippen molar-refractivity contribution in [1.29, 1.82) is 0 Å². The van der Waals surface area contributed by atoms with Gasteiger partial charge in [-0.25, -0.2) is 4.39 Å². The Kier molecular flexibility index (Phi) is 4.61. The highest BCUT2D eigenvalue weighted by Crippen LogP contribution is 2.27. The van der Waals surface area contributed by atoms with Gasteiger partial charge >= 0.3 is 5.97 Å². The Morgan fingerprint density at radius 3 is 2.75 bits per heavy atom. The van der Waals surface area contributed by atoms with E-state index >= 15 is 0 Å². The molecule has 2 rings (SSSR count). The first kappa shape index (κ1) is 14.4. The van der Waals surface area contributed by atoms with Crippen LogP contribution in [-0.4, -0.2) is 35.2 Å². The molecular weight excluding hydrogens is 261 g/mol. The molecule has 1 saturated heterocycles. The summed E-state index contributed by atoms with van der Waals surface area (Å²) in [7, 11) is 0. The van der Waals surface area contributed by atoms with E-state index in [9.17, 15) is 9.18 Å². The zero-order valence-corrected chi connectivity index (χ0v) is 11.2. The SMILES string of the molecule is C=C(OCc1ccccc1)N1CC(C(=O)O)CC1CF. The van der Waals surface area contributed by atoms with Crippen molar-refractivity contribution in [3.63, 3.8) is 0 Å². The third kappa shape index (κ3) is 3.29. The molecule has 0 amide bonds. The van der Waals surface area contributed by atoms with E-state index in [0.717, 1.165) is 5.56 Å². The number of alkyl halides is 1. The Morgan fingerprint density at radius 2 is 2.15 bits per heavy atom. The number of likely N-dealkylation sites (tertiary alicyclic amines) is 1. The molecule has 1 aromatic carbocycles. The lowest BCUT2D eigenvalue weighted by molar-refractivity contribution is -0.141. The fourth-order valence-corrected chi connectivity index (χ4v) is 2.37. The second-order valence-corrected chi connectivity index (χ2v) is 4.90. The molecule has 108 valence electrons. The molecule has 2 atom stereocenters. The molecule has 0 radical (unpaired) electrons. The van der Waals surface area contributed by atoms with Crippen LogP contribution in [0.3, 0.4) is 0 Å². The molecule has 0 spiro atoms. The second kappa shape index (κ2) is 6.41. The Hall–Kier alpha value is -2.04. The third-order valence-electron chi connectivity index (χ3n) is 3.51. The minimum Gasteiger partial charge on any atom is -0.481 e. The van der Waals surface area contributed by atoms with E-state index in [1.807, 2.05) is 30.3 Å². The summed E-state index contributed by atoms with van der Waals surface area (Å²) >= 11 is 0. The largest absolute Gasteiger partial charge is 0.481 e. The summed E-state index contributed by atoms with van der Waals surface area (Å²) in [5, 5.41) is 9.01. The molecule has 4 nitrogen and oxygen atoms in total. The van der Waals surface area contributed by atoms with Gasteiger partial charge in [-0.15, -0.1) is 0 Å². The standard InChI is InChI=1S/C15H18FNO3/c1-11(20-10-12-5-3-2-4-6-12)17-9-13(15(18)19)7-14(17)8-16/h2-6,13-14H,1,7-10H2,(H,18,19). The Balaban J connectivity index is 1.92. The van der Waals surface area contributed by atoms with E-state index in [-0.39, 0.29) is 6.54 Å². The molecule has 1 aromatic rings. The zero-order chi connectivity index (χ0) is 14.5. The minimum atomic E-state index is -0.901. The van der Waals surface area contributed by atoms with E-state index in [4.69, 9.17) is 9.84 Å². The van der Waals surface area contributed by atoms with Crippen LogP contribution in [0.25, 0.3) is 0 Å². The molecule has 0 aliphatic carbocycles. The number of aliphatic carboxylic acids is 1. The van der Waals surface area contributed by atoms with Gasteiger partial charge in [0.2, 0.25) is 0 Å². The summed E-state index contributed by atoms with van der Waals surface area (Å²) < 4.78 is 18.5. The fourth-order valence-electron chi connectivity index (χ4n) is 2.37. The van der Waals surface area contributed by atoms with Gasteiger partial charge in [-0.05, 0) is 18.6 Å². The molecule has 1 heterocycles. The summed E-state index contributed by atoms with van der Waals surface area (Å²) in [5.41, 5.74) is 0.986. The Morgan fingerprint density at radius 1 is 1.45 bits per heavy atom. The molecular formula is C15H18FNO3. The third-order valence-corrected chi connectivity index (χ3v) is 3.51. The van der Waals surface area contributed by atoms with Gasteiger partial charge in [0.15, 0.2) is 5.88 Å². The van der Waals surface area contributed by atoms with Crippen LogP contribution in [0.5, 0.6) is 0 Å². The van der Waals surface area contributed by atoms with E-state index in [0.29, 0.717) is 18.9 Å². The summed E-state index contributed by atoms with van der Waals surface area (Å²) in [4.78, 5) is 12.6. The van der Waals surface area contributed by atoms with E-state index < -0.39 is 24.6 Å². The number of hydrogen-bond acceptors (Lipinski definition) is 3. The first-order valence-electron chi connectivity index (χ1n) is 6.53. The van der Waals surface area contributed by atoms with E-state index in [1.165, 1.54) is 0 Å². The number of carbonyl (C=O) groups is 1.